The molecule has 664 valence electrons. The van der Waals surface area contributed by atoms with Crippen molar-refractivity contribution in [2.45, 2.75) is 232 Å². The average molecular weight is 1790 g/mol. The normalized spacial score (nSPS) is 27.2. The van der Waals surface area contributed by atoms with E-state index in [0.717, 1.165) is 88.3 Å². The van der Waals surface area contributed by atoms with E-state index in [1.54, 1.807) is 0 Å². The lowest BCUT2D eigenvalue weighted by Crippen LogP contribution is -2.61. The number of benzene rings is 3. The highest BCUT2D eigenvalue weighted by molar-refractivity contribution is 8.14. The van der Waals surface area contributed by atoms with Crippen LogP contribution in [0, 0.1) is 17.6 Å². The molecule has 44 heteroatoms. The fourth-order valence-corrected chi connectivity index (χ4v) is 18.0. The van der Waals surface area contributed by atoms with Crippen LogP contribution in [0.15, 0.2) is 83.8 Å². The van der Waals surface area contributed by atoms with Crippen molar-refractivity contribution in [2.24, 2.45) is 5.92 Å². The molecule has 5 N–H and O–H groups in total. The van der Waals surface area contributed by atoms with E-state index in [-0.39, 0.29) is 38.6 Å². The van der Waals surface area contributed by atoms with Crippen molar-refractivity contribution in [3.05, 3.63) is 112 Å². The molecule has 5 aliphatic rings. The third kappa shape index (κ3) is 29.0. The summed E-state index contributed by atoms with van der Waals surface area (Å²) in [7, 11) is 0. The van der Waals surface area contributed by atoms with Gasteiger partial charge in [0.15, 0.2) is 48.8 Å². The Morgan fingerprint density at radius 2 is 0.833 bits per heavy atom. The Hall–Kier alpha value is -9.18. The van der Waals surface area contributed by atoms with Crippen molar-refractivity contribution in [2.75, 3.05) is 31.3 Å². The van der Waals surface area contributed by atoms with Crippen molar-refractivity contribution < 1.29 is 185 Å². The molecule has 32 nitrogen and oxygen atoms in total. The zero-order valence-corrected chi connectivity index (χ0v) is 69.5. The molecule has 8 rings (SSSR count). The minimum absolute atomic E-state index is 0.170. The monoisotopic (exact) mass is 1790 g/mol. The van der Waals surface area contributed by atoms with Crippen molar-refractivity contribution in [3.8, 4) is 0 Å². The molecule has 5 heterocycles. The van der Waals surface area contributed by atoms with Gasteiger partial charge in [0.1, 0.15) is 54.2 Å². The molecule has 0 spiro atoms. The second-order valence-electron chi connectivity index (χ2n) is 27.2. The minimum atomic E-state index is -3.66. The Kier molecular flexibility index (Phi) is 38.5. The zero-order valence-electron chi connectivity index (χ0n) is 66.2. The molecule has 3 aromatic carbocycles. The number of hydrogen-bond acceptors (Lipinski definition) is 35. The number of β-lactam (4-membered cyclic amide) rings is 1. The lowest BCUT2D eigenvalue weighted by atomic mass is 9.78. The fraction of sp³-hybridized carbons (Fsp3) is 0.553. The molecule has 0 radical (unpaired) electrons. The van der Waals surface area contributed by atoms with E-state index in [4.69, 9.17) is 56.8 Å². The fourth-order valence-electron chi connectivity index (χ4n) is 12.7. The molecule has 1 amide bonds. The molecule has 2 unspecified atom stereocenters. The van der Waals surface area contributed by atoms with Gasteiger partial charge in [0.2, 0.25) is 17.1 Å². The molecule has 0 saturated carbocycles. The Morgan fingerprint density at radius 3 is 1.26 bits per heavy atom. The number of ether oxygens (including phenoxy) is 12. The summed E-state index contributed by atoms with van der Waals surface area (Å²) in [4.78, 5) is 162. The maximum atomic E-state index is 15.6. The van der Waals surface area contributed by atoms with Gasteiger partial charge in [0.05, 0.1) is 56.7 Å². The van der Waals surface area contributed by atoms with Gasteiger partial charge in [-0.1, -0.05) is 48.2 Å². The van der Waals surface area contributed by atoms with Crippen LogP contribution < -0.4 is 4.90 Å². The van der Waals surface area contributed by atoms with Gasteiger partial charge >= 0.3 is 71.6 Å². The highest BCUT2D eigenvalue weighted by Gasteiger charge is 2.60. The molecule has 3 aromatic rings. The second-order valence-corrected chi connectivity index (χ2v) is 32.5. The van der Waals surface area contributed by atoms with Gasteiger partial charge in [0, 0.05) is 101 Å². The Balaban J connectivity index is 0.000000295. The van der Waals surface area contributed by atoms with Crippen LogP contribution in [0.4, 0.5) is 40.8 Å². The first-order valence-electron chi connectivity index (χ1n) is 36.1. The summed E-state index contributed by atoms with van der Waals surface area (Å²) in [5, 5.41) is 42.6. The maximum absolute atomic E-state index is 15.6. The SMILES string of the molecule is CC(=O)OC[C@H]1SC(=C(F)F)[C@H](OC(C)=O)[C@@H](OC(C)=O)[C@@H]1OC(C)=O.CC(=O)OC[C@H]1SC(=O)[C@H](OC(C)=O)[C@@H](OC(C)=O)[C@@H]1OC(C)=O.CC(=O)OC[C@H]1SC(C(C)(F)F)[C@H](OC(C)=O)[C@@H](OC(C)=O)[C@@H]1OC(C)=O.O=C1[C@H](CC[C@H](O)c2ccc(F)cc2)[C@@H](c2ccc(C(F)(F)C3S[C@H](CO)[C@@H](O)[C@H](O)[C@H]3O)cc2)N1c1ccc(F)cc1. The molecule has 5 saturated heterocycles. The summed E-state index contributed by atoms with van der Waals surface area (Å²) >= 11 is 2.35. The van der Waals surface area contributed by atoms with Crippen molar-refractivity contribution in [1.82, 2.24) is 0 Å². The van der Waals surface area contributed by atoms with Crippen LogP contribution in [0.3, 0.4) is 0 Å². The van der Waals surface area contributed by atoms with Crippen molar-refractivity contribution in [3.63, 3.8) is 0 Å². The first kappa shape index (κ1) is 101. The third-order valence-corrected chi connectivity index (χ3v) is 23.5. The molecule has 0 bridgehead atoms. The van der Waals surface area contributed by atoms with Crippen LogP contribution in [0.5, 0.6) is 0 Å². The van der Waals surface area contributed by atoms with Crippen LogP contribution in [0.2, 0.25) is 0 Å². The quantitative estimate of drug-likeness (QED) is 0.0250. The first-order chi connectivity index (χ1) is 55.9. The van der Waals surface area contributed by atoms with Crippen LogP contribution in [-0.4, -0.2) is 245 Å². The largest absolute Gasteiger partial charge is 0.465 e. The van der Waals surface area contributed by atoms with Crippen LogP contribution in [-0.2, 0) is 130 Å². The number of carbonyl (C=O) groups is 14. The summed E-state index contributed by atoms with van der Waals surface area (Å²) < 4.78 is 173. The molecule has 5 fully saturated rings. The van der Waals surface area contributed by atoms with Crippen molar-refractivity contribution >= 4 is 135 Å². The second kappa shape index (κ2) is 45.6. The summed E-state index contributed by atoms with van der Waals surface area (Å²) in [5.74, 6) is -18.0. The lowest BCUT2D eigenvalue weighted by Gasteiger charge is -2.48. The number of aliphatic hydroxyl groups excluding tert-OH is 5. The van der Waals surface area contributed by atoms with Gasteiger partial charge in [-0.05, 0) is 60.4 Å². The number of alkyl halides is 4. The van der Waals surface area contributed by atoms with E-state index in [2.05, 4.69) is 0 Å². The highest BCUT2D eigenvalue weighted by Crippen LogP contribution is 2.51. The number of anilines is 1. The molecular weight excluding hydrogens is 1700 g/mol. The van der Waals surface area contributed by atoms with E-state index in [0.29, 0.717) is 70.8 Å². The van der Waals surface area contributed by atoms with Gasteiger partial charge in [0.25, 0.3) is 17.9 Å². The Morgan fingerprint density at radius 1 is 0.450 bits per heavy atom. The van der Waals surface area contributed by atoms with E-state index < -0.39 is 246 Å². The standard InChI is InChI=1S/C31H31F4NO6S.C16H22F2O8S.C15H18F2O8S.C14H18O9S/c32-19-7-3-16(4-8-19)23(38)14-13-22-25(36(30(22)42)21-11-9-20(33)10-12-21)17-1-5-18(6-2-17)31(34,35)29-28(41)27(40)26(39)24(15-37)43-29;1-7(19)23-6-11-12(24-8(2)20)13(25-9(3)21)14(26-10(4)22)15(27-11)16(5,17)18;1-6(18)22-5-10-11(23-7(2)19)12(24-8(3)20)13(25-9(4)21)14(26-10)15(16)17;1-6(15)20-5-10-11(21-7(2)16)12(22-8(3)17)13(14(19)24-10)23-9(4)18/h1-12,22-29,37-41H,13-15H2;11-15H,6H2,1-5H3;10-13H,5H2,1-4H3;10-13H,5H2,1-4H3/t22-,23+,24-,25-,26-,27+,28-,29?;11-,12-,13+,14-,15?;2*10-,11-,12+,13-/m1111/s1. The topological polar surface area (TPSA) is 454 Å². The van der Waals surface area contributed by atoms with Crippen molar-refractivity contribution in [1.29, 1.82) is 0 Å². The van der Waals surface area contributed by atoms with E-state index in [1.165, 1.54) is 72.5 Å². The average Bonchev–Trinajstić information content (AvgIpc) is 0.741. The van der Waals surface area contributed by atoms with Gasteiger partial charge < -0.3 is 87.3 Å². The molecule has 5 aliphatic heterocycles. The van der Waals surface area contributed by atoms with Gasteiger partial charge in [-0.2, -0.15) is 17.6 Å². The number of esters is 12. The molecule has 0 aliphatic carbocycles. The summed E-state index contributed by atoms with van der Waals surface area (Å²) in [6, 6.07) is 15.2. The predicted octanol–water partition coefficient (Wildman–Crippen LogP) is 6.87. The van der Waals surface area contributed by atoms with E-state index in [1.807, 2.05) is 0 Å². The molecule has 120 heavy (non-hydrogen) atoms. The minimum Gasteiger partial charge on any atom is -0.465 e. The summed E-state index contributed by atoms with van der Waals surface area (Å²) in [6.07, 6.45) is -20.8. The third-order valence-electron chi connectivity index (χ3n) is 17.6. The van der Waals surface area contributed by atoms with Crippen LogP contribution >= 0.6 is 47.0 Å². The van der Waals surface area contributed by atoms with Gasteiger partial charge in [-0.3, -0.25) is 67.1 Å². The zero-order chi connectivity index (χ0) is 90.4. The summed E-state index contributed by atoms with van der Waals surface area (Å²) in [6.45, 7) is 11.9. The number of carbonyl (C=O) groups excluding carboxylic acids is 14. The number of nitrogens with zero attached hydrogens (tertiary/aromatic N) is 1. The highest BCUT2D eigenvalue weighted by atomic mass is 32.2. The molecular formula is C76H89F8NO31S4. The number of aliphatic hydroxyl groups is 5. The lowest BCUT2D eigenvalue weighted by molar-refractivity contribution is -0.191. The molecule has 0 aromatic heterocycles. The summed E-state index contributed by atoms with van der Waals surface area (Å²) in [5.41, 5.74) is 0.918. The predicted molar refractivity (Wildman–Crippen MR) is 404 cm³/mol. The Labute approximate surface area is 697 Å². The number of hydrogen-bond donors (Lipinski definition) is 5. The number of rotatable bonds is 25. The number of halogens is 8. The van der Waals surface area contributed by atoms with Gasteiger partial charge in [-0.15, -0.1) is 35.3 Å². The van der Waals surface area contributed by atoms with Crippen LogP contribution in [0.25, 0.3) is 0 Å². The molecule has 21 atom stereocenters. The maximum Gasteiger partial charge on any atom is 0.303 e. The Bertz CT molecular complexity index is 4160. The van der Waals surface area contributed by atoms with E-state index in [9.17, 15) is 119 Å². The van der Waals surface area contributed by atoms with E-state index >= 15 is 8.78 Å². The van der Waals surface area contributed by atoms with Crippen LogP contribution in [0.1, 0.15) is 132 Å². The van der Waals surface area contributed by atoms with Gasteiger partial charge in [-0.25, -0.2) is 17.6 Å². The number of thioether (sulfide) groups is 4. The number of amides is 1. The first-order valence-corrected chi connectivity index (χ1v) is 39.8. The smallest absolute Gasteiger partial charge is 0.303 e.